The molecule has 0 aliphatic carbocycles. The maximum atomic E-state index is 7.89. The standard InChI is InChI=1S/C27H33ClO9S/c1-29-16-10-13-19(25(35-7)22(16)32-4)38(28,20-14-11-17(30-2)23(33-5)26(20)36-8)21-15-12-18(31-3)24(34-6)27(21)37-9/h10-15H,1-9H3. The van der Waals surface area contributed by atoms with Gasteiger partial charge in [-0.15, -0.1) is 0 Å². The predicted octanol–water partition coefficient (Wildman–Crippen LogP) is 6.20. The van der Waals surface area contributed by atoms with Crippen molar-refractivity contribution in [2.24, 2.45) is 0 Å². The molecule has 0 amide bonds. The molecule has 0 fully saturated rings. The van der Waals surface area contributed by atoms with Crippen LogP contribution in [-0.4, -0.2) is 64.0 Å². The summed E-state index contributed by atoms with van der Waals surface area (Å²) in [5.74, 6) is 3.71. The molecule has 0 atom stereocenters. The van der Waals surface area contributed by atoms with Crippen LogP contribution in [0.25, 0.3) is 0 Å². The normalized spacial score (nSPS) is 11.3. The largest absolute Gasteiger partial charge is 0.493 e. The van der Waals surface area contributed by atoms with Gasteiger partial charge in [-0.05, 0) is 36.4 Å². The lowest BCUT2D eigenvalue weighted by molar-refractivity contribution is 0.316. The first-order valence-corrected chi connectivity index (χ1v) is 13.7. The third-order valence-corrected chi connectivity index (χ3v) is 10.2. The average Bonchev–Trinajstić information content (AvgIpc) is 2.97. The lowest BCUT2D eigenvalue weighted by Gasteiger charge is -2.38. The summed E-state index contributed by atoms with van der Waals surface area (Å²) >= 11 is 0. The average molecular weight is 569 g/mol. The number of hydrogen-bond donors (Lipinski definition) is 0. The first kappa shape index (κ1) is 29.1. The van der Waals surface area contributed by atoms with Crippen LogP contribution in [0.1, 0.15) is 0 Å². The van der Waals surface area contributed by atoms with Gasteiger partial charge in [0.25, 0.3) is 0 Å². The molecule has 0 aliphatic rings. The fourth-order valence-electron chi connectivity index (χ4n) is 4.24. The fraction of sp³-hybridized carbons (Fsp3) is 0.333. The van der Waals surface area contributed by atoms with Gasteiger partial charge < -0.3 is 42.6 Å². The zero-order valence-electron chi connectivity index (χ0n) is 22.9. The Kier molecular flexibility index (Phi) is 9.45. The summed E-state index contributed by atoms with van der Waals surface area (Å²) in [4.78, 5) is 1.78. The highest BCUT2D eigenvalue weighted by Gasteiger charge is 2.41. The molecule has 0 saturated carbocycles. The SMILES string of the molecule is COc1ccc(S(Cl)(c2ccc(OC)c(OC)c2OC)c2ccc(OC)c(OC)c2OC)c(OC)c1OC. The van der Waals surface area contributed by atoms with Gasteiger partial charge in [0.05, 0.1) is 78.7 Å². The van der Waals surface area contributed by atoms with Gasteiger partial charge in [0.1, 0.15) is 0 Å². The first-order valence-electron chi connectivity index (χ1n) is 11.3. The highest BCUT2D eigenvalue weighted by Crippen LogP contribution is 2.80. The smallest absolute Gasteiger partial charge is 0.204 e. The van der Waals surface area contributed by atoms with Crippen molar-refractivity contribution in [3.63, 3.8) is 0 Å². The highest BCUT2D eigenvalue weighted by atomic mass is 35.7. The van der Waals surface area contributed by atoms with Crippen molar-refractivity contribution in [3.05, 3.63) is 36.4 Å². The Bertz CT molecular complexity index is 1130. The van der Waals surface area contributed by atoms with E-state index in [-0.39, 0.29) is 0 Å². The molecule has 0 spiro atoms. The second kappa shape index (κ2) is 12.4. The molecule has 0 heterocycles. The summed E-state index contributed by atoms with van der Waals surface area (Å²) in [6, 6.07) is 10.8. The van der Waals surface area contributed by atoms with E-state index in [4.69, 9.17) is 53.3 Å². The number of methoxy groups -OCH3 is 9. The van der Waals surface area contributed by atoms with Crippen molar-refractivity contribution in [3.8, 4) is 51.7 Å². The van der Waals surface area contributed by atoms with Crippen molar-refractivity contribution in [1.29, 1.82) is 0 Å². The van der Waals surface area contributed by atoms with E-state index in [0.717, 1.165) is 0 Å². The van der Waals surface area contributed by atoms with Gasteiger partial charge in [-0.1, -0.05) is 19.9 Å². The summed E-state index contributed by atoms with van der Waals surface area (Å²) in [7, 11) is 19.0. The number of benzene rings is 3. The molecule has 38 heavy (non-hydrogen) atoms. The van der Waals surface area contributed by atoms with Gasteiger partial charge >= 0.3 is 0 Å². The highest BCUT2D eigenvalue weighted by molar-refractivity contribution is 8.51. The van der Waals surface area contributed by atoms with Crippen LogP contribution < -0.4 is 42.6 Å². The second-order valence-electron chi connectivity index (χ2n) is 7.54. The van der Waals surface area contributed by atoms with Gasteiger partial charge in [0.15, 0.2) is 34.5 Å². The maximum absolute atomic E-state index is 7.89. The molecule has 0 aromatic heterocycles. The van der Waals surface area contributed by atoms with E-state index in [2.05, 4.69) is 0 Å². The molecule has 3 aromatic carbocycles. The zero-order chi connectivity index (χ0) is 28.0. The van der Waals surface area contributed by atoms with E-state index >= 15 is 0 Å². The Morgan fingerprint density at radius 1 is 0.368 bits per heavy atom. The number of rotatable bonds is 12. The van der Waals surface area contributed by atoms with Crippen LogP contribution in [0.5, 0.6) is 51.7 Å². The Labute approximate surface area is 229 Å². The van der Waals surface area contributed by atoms with Crippen molar-refractivity contribution >= 4 is 19.9 Å². The minimum absolute atomic E-state index is 0.379. The van der Waals surface area contributed by atoms with Crippen LogP contribution in [0.2, 0.25) is 0 Å². The van der Waals surface area contributed by atoms with Crippen molar-refractivity contribution < 1.29 is 42.6 Å². The third kappa shape index (κ3) is 4.63. The molecule has 0 N–H and O–H groups in total. The molecule has 11 heteroatoms. The van der Waals surface area contributed by atoms with E-state index in [0.29, 0.717) is 66.4 Å². The van der Waals surface area contributed by atoms with Crippen molar-refractivity contribution in [1.82, 2.24) is 0 Å². The number of halogens is 1. The summed E-state index contributed by atoms with van der Waals surface area (Å²) in [6.07, 6.45) is 0. The maximum Gasteiger partial charge on any atom is 0.204 e. The van der Waals surface area contributed by atoms with Crippen LogP contribution >= 0.6 is 19.9 Å². The summed E-state index contributed by atoms with van der Waals surface area (Å²) in [5.41, 5.74) is 0. The van der Waals surface area contributed by atoms with Gasteiger partial charge in [0.2, 0.25) is 17.2 Å². The molecule has 0 unspecified atom stereocenters. The van der Waals surface area contributed by atoms with Crippen LogP contribution in [0.4, 0.5) is 0 Å². The molecule has 208 valence electrons. The minimum Gasteiger partial charge on any atom is -0.493 e. The Morgan fingerprint density at radius 2 is 0.605 bits per heavy atom. The molecular formula is C27H33ClO9S. The van der Waals surface area contributed by atoms with E-state index in [1.807, 2.05) is 18.2 Å². The Hall–Kier alpha value is -3.50. The van der Waals surface area contributed by atoms with Crippen LogP contribution in [-0.2, 0) is 0 Å². The summed E-state index contributed by atoms with van der Waals surface area (Å²) < 4.78 is 51.3. The van der Waals surface area contributed by atoms with E-state index < -0.39 is 9.24 Å². The van der Waals surface area contributed by atoms with Crippen LogP contribution in [0.3, 0.4) is 0 Å². The lowest BCUT2D eigenvalue weighted by atomic mass is 10.3. The van der Waals surface area contributed by atoms with E-state index in [1.54, 1.807) is 39.5 Å². The number of hydrogen-bond acceptors (Lipinski definition) is 9. The minimum atomic E-state index is -2.79. The molecule has 0 radical (unpaired) electrons. The van der Waals surface area contributed by atoms with Gasteiger partial charge in [-0.25, -0.2) is 0 Å². The molecule has 0 aliphatic heterocycles. The van der Waals surface area contributed by atoms with Crippen LogP contribution in [0, 0.1) is 0 Å². The zero-order valence-corrected chi connectivity index (χ0v) is 24.5. The van der Waals surface area contributed by atoms with Crippen molar-refractivity contribution in [2.45, 2.75) is 14.7 Å². The van der Waals surface area contributed by atoms with Gasteiger partial charge in [-0.3, -0.25) is 0 Å². The van der Waals surface area contributed by atoms with E-state index in [9.17, 15) is 0 Å². The van der Waals surface area contributed by atoms with Crippen LogP contribution in [0.15, 0.2) is 51.1 Å². The molecule has 3 rings (SSSR count). The molecule has 0 saturated heterocycles. The van der Waals surface area contributed by atoms with Gasteiger partial charge in [-0.2, -0.15) is 0 Å². The summed E-state index contributed by atoms with van der Waals surface area (Å²) in [6.45, 7) is 0. The first-order chi connectivity index (χ1) is 18.4. The molecule has 0 bridgehead atoms. The fourth-order valence-corrected chi connectivity index (χ4v) is 8.11. The number of ether oxygens (including phenoxy) is 9. The Balaban J connectivity index is 2.60. The topological polar surface area (TPSA) is 83.1 Å². The molecule has 9 nitrogen and oxygen atoms in total. The quantitative estimate of drug-likeness (QED) is 0.253. The second-order valence-corrected chi connectivity index (χ2v) is 11.3. The van der Waals surface area contributed by atoms with Gasteiger partial charge in [0, 0.05) is 0 Å². The summed E-state index contributed by atoms with van der Waals surface area (Å²) in [5, 5.41) is 0. The third-order valence-electron chi connectivity index (χ3n) is 5.91. The Morgan fingerprint density at radius 3 is 0.789 bits per heavy atom. The lowest BCUT2D eigenvalue weighted by Crippen LogP contribution is -2.07. The van der Waals surface area contributed by atoms with E-state index in [1.165, 1.54) is 42.7 Å². The molecular weight excluding hydrogens is 536 g/mol. The molecule has 3 aromatic rings. The monoisotopic (exact) mass is 568 g/mol. The van der Waals surface area contributed by atoms with Crippen molar-refractivity contribution in [2.75, 3.05) is 64.0 Å². The predicted molar refractivity (Wildman–Crippen MR) is 147 cm³/mol.